The minimum Gasteiger partial charge on any atom is -0.476 e. The number of nitrogens with zero attached hydrogens (tertiary/aromatic N) is 1. The van der Waals surface area contributed by atoms with Gasteiger partial charge in [-0.15, -0.1) is 0 Å². The quantitative estimate of drug-likeness (QED) is 0.355. The molecule has 1 aromatic carbocycles. The van der Waals surface area contributed by atoms with Crippen LogP contribution in [0, 0.1) is 0 Å². The van der Waals surface area contributed by atoms with E-state index in [-0.39, 0.29) is 26.5 Å². The van der Waals surface area contributed by atoms with Crippen LogP contribution in [0.25, 0.3) is 0 Å². The molecule has 0 aliphatic heterocycles. The van der Waals surface area contributed by atoms with Crippen molar-refractivity contribution in [3.8, 4) is 0 Å². The van der Waals surface area contributed by atoms with Gasteiger partial charge in [-0.05, 0) is 50.0 Å². The van der Waals surface area contributed by atoms with E-state index in [1.165, 1.54) is 24.3 Å². The molecule has 9 heteroatoms. The van der Waals surface area contributed by atoms with Crippen molar-refractivity contribution in [2.75, 3.05) is 6.61 Å². The Morgan fingerprint density at radius 2 is 1.79 bits per heavy atom. The Morgan fingerprint density at radius 3 is 2.24 bits per heavy atom. The minimum absolute atomic E-state index is 0.0603. The lowest BCUT2D eigenvalue weighted by molar-refractivity contribution is -0.129. The van der Waals surface area contributed by atoms with Crippen molar-refractivity contribution in [2.24, 2.45) is 5.16 Å². The topological polar surface area (TPSA) is 102 Å². The predicted octanol–water partition coefficient (Wildman–Crippen LogP) is 3.84. The molecule has 2 rings (SSSR count). The molecule has 1 saturated carbocycles. The van der Waals surface area contributed by atoms with E-state index >= 15 is 0 Å². The third-order valence-corrected chi connectivity index (χ3v) is 12.2. The molecule has 0 bridgehead atoms. The molecule has 0 spiro atoms. The number of aliphatic carboxylic acids is 1. The van der Waals surface area contributed by atoms with Crippen molar-refractivity contribution < 1.29 is 27.6 Å². The fourth-order valence-corrected chi connectivity index (χ4v) is 5.05. The summed E-state index contributed by atoms with van der Waals surface area (Å²) in [4.78, 5) is 17.2. The first-order valence-corrected chi connectivity index (χ1v) is 14.2. The van der Waals surface area contributed by atoms with Crippen LogP contribution in [-0.2, 0) is 23.9 Å². The largest absolute Gasteiger partial charge is 0.476 e. The average molecular weight is 442 g/mol. The second kappa shape index (κ2) is 8.57. The lowest BCUT2D eigenvalue weighted by Crippen LogP contribution is -2.42. The highest BCUT2D eigenvalue weighted by molar-refractivity contribution is 7.92. The smallest absolute Gasteiger partial charge is 0.358 e. The SMILES string of the molecule is C[C@H](CO[Si](C)(C)C(C)(C)C)O/N=C(/C(=O)O)c1ccc(S(=O)(=O)C2CC2)cc1. The molecule has 1 N–H and O–H groups in total. The zero-order chi connectivity index (χ0) is 22.0. The molecule has 1 aliphatic rings. The fourth-order valence-electron chi connectivity index (χ4n) is 2.30. The first-order valence-electron chi connectivity index (χ1n) is 9.71. The van der Waals surface area contributed by atoms with E-state index < -0.39 is 30.2 Å². The maximum absolute atomic E-state index is 12.3. The number of benzene rings is 1. The van der Waals surface area contributed by atoms with E-state index in [1.807, 2.05) is 0 Å². The third-order valence-electron chi connectivity index (χ3n) is 5.43. The Morgan fingerprint density at radius 1 is 1.24 bits per heavy atom. The summed E-state index contributed by atoms with van der Waals surface area (Å²) >= 11 is 0. The van der Waals surface area contributed by atoms with Gasteiger partial charge in [0.2, 0.25) is 0 Å². The maximum atomic E-state index is 12.3. The average Bonchev–Trinajstić information content (AvgIpc) is 3.45. The lowest BCUT2D eigenvalue weighted by Gasteiger charge is -2.36. The van der Waals surface area contributed by atoms with Crippen LogP contribution < -0.4 is 0 Å². The molecule has 0 aromatic heterocycles. The highest BCUT2D eigenvalue weighted by atomic mass is 32.2. The van der Waals surface area contributed by atoms with E-state index in [0.717, 1.165) is 0 Å². The molecular weight excluding hydrogens is 410 g/mol. The van der Waals surface area contributed by atoms with Crippen LogP contribution >= 0.6 is 0 Å². The molecule has 29 heavy (non-hydrogen) atoms. The van der Waals surface area contributed by atoms with Crippen LogP contribution in [0.5, 0.6) is 0 Å². The number of oxime groups is 1. The molecule has 0 heterocycles. The van der Waals surface area contributed by atoms with E-state index in [0.29, 0.717) is 19.4 Å². The summed E-state index contributed by atoms with van der Waals surface area (Å²) in [5.41, 5.74) is 0.00399. The van der Waals surface area contributed by atoms with Crippen molar-refractivity contribution >= 4 is 29.8 Å². The summed E-state index contributed by atoms with van der Waals surface area (Å²) in [5, 5.41) is 13.0. The van der Waals surface area contributed by atoms with Crippen LogP contribution in [-0.4, -0.2) is 51.5 Å². The van der Waals surface area contributed by atoms with Crippen molar-refractivity contribution in [1.82, 2.24) is 0 Å². The number of carboxylic acids is 1. The fraction of sp³-hybridized carbons (Fsp3) is 0.600. The molecular formula is C20H31NO6SSi. The first kappa shape index (κ1) is 23.6. The summed E-state index contributed by atoms with van der Waals surface area (Å²) in [7, 11) is -5.26. The van der Waals surface area contributed by atoms with Gasteiger partial charge in [0.1, 0.15) is 6.10 Å². The van der Waals surface area contributed by atoms with Gasteiger partial charge in [-0.25, -0.2) is 13.2 Å². The number of carboxylic acid groups (broad SMARTS) is 1. The summed E-state index contributed by atoms with van der Waals surface area (Å²) in [6, 6.07) is 5.74. The minimum atomic E-state index is -3.32. The molecule has 162 valence electrons. The summed E-state index contributed by atoms with van der Waals surface area (Å²) in [5.74, 6) is -1.25. The summed E-state index contributed by atoms with van der Waals surface area (Å²) in [6.07, 6.45) is 0.927. The zero-order valence-electron chi connectivity index (χ0n) is 17.9. The second-order valence-electron chi connectivity index (χ2n) is 9.00. The highest BCUT2D eigenvalue weighted by Gasteiger charge is 2.38. The molecule has 0 saturated heterocycles. The Hall–Kier alpha value is -1.71. The van der Waals surface area contributed by atoms with Gasteiger partial charge in [0.15, 0.2) is 23.9 Å². The van der Waals surface area contributed by atoms with Crippen molar-refractivity contribution in [3.63, 3.8) is 0 Å². The van der Waals surface area contributed by atoms with Gasteiger partial charge < -0.3 is 14.4 Å². The van der Waals surface area contributed by atoms with Crippen LogP contribution in [0.3, 0.4) is 0 Å². The third kappa shape index (κ3) is 5.89. The maximum Gasteiger partial charge on any atom is 0.358 e. The van der Waals surface area contributed by atoms with E-state index in [2.05, 4.69) is 39.0 Å². The van der Waals surface area contributed by atoms with Crippen LogP contribution in [0.2, 0.25) is 18.1 Å². The van der Waals surface area contributed by atoms with Crippen LogP contribution in [0.4, 0.5) is 0 Å². The van der Waals surface area contributed by atoms with Crippen molar-refractivity contribution in [1.29, 1.82) is 0 Å². The number of sulfone groups is 1. The normalized spacial score (nSPS) is 17.1. The molecule has 0 unspecified atom stereocenters. The van der Waals surface area contributed by atoms with Gasteiger partial charge in [-0.2, -0.15) is 0 Å². The monoisotopic (exact) mass is 441 g/mol. The summed E-state index contributed by atoms with van der Waals surface area (Å²) in [6.45, 7) is 12.7. The Kier molecular flexibility index (Phi) is 6.96. The van der Waals surface area contributed by atoms with Gasteiger partial charge in [0.25, 0.3) is 0 Å². The Labute approximate surface area is 174 Å². The van der Waals surface area contributed by atoms with E-state index in [1.54, 1.807) is 6.92 Å². The van der Waals surface area contributed by atoms with E-state index in [9.17, 15) is 18.3 Å². The second-order valence-corrected chi connectivity index (χ2v) is 16.0. The van der Waals surface area contributed by atoms with Crippen molar-refractivity contribution in [2.45, 2.75) is 74.9 Å². The molecule has 1 aromatic rings. The molecule has 0 radical (unpaired) electrons. The van der Waals surface area contributed by atoms with Gasteiger partial charge in [0.05, 0.1) is 16.8 Å². The van der Waals surface area contributed by atoms with E-state index in [4.69, 9.17) is 9.26 Å². The first-order chi connectivity index (χ1) is 13.3. The van der Waals surface area contributed by atoms with Gasteiger partial charge in [-0.1, -0.05) is 38.1 Å². The van der Waals surface area contributed by atoms with Crippen LogP contribution in [0.1, 0.15) is 46.1 Å². The standard InChI is InChI=1S/C20H31NO6SSi/c1-14(13-26-29(5,6)20(2,3)4)27-21-18(19(22)23)15-7-9-16(10-8-15)28(24,25)17-11-12-17/h7-10,14,17H,11-13H2,1-6H3,(H,22,23)/b21-18+/t14-/m1/s1. The lowest BCUT2D eigenvalue weighted by atomic mass is 10.1. The zero-order valence-corrected chi connectivity index (χ0v) is 19.7. The number of hydrogen-bond acceptors (Lipinski definition) is 6. The molecule has 0 amide bonds. The number of carbonyl (C=O) groups is 1. The molecule has 1 aliphatic carbocycles. The molecule has 1 atom stereocenters. The van der Waals surface area contributed by atoms with Gasteiger partial charge in [0, 0.05) is 5.56 Å². The van der Waals surface area contributed by atoms with Gasteiger partial charge >= 0.3 is 5.97 Å². The highest BCUT2D eigenvalue weighted by Crippen LogP contribution is 2.36. The van der Waals surface area contributed by atoms with Gasteiger partial charge in [-0.3, -0.25) is 0 Å². The molecule has 1 fully saturated rings. The number of rotatable bonds is 9. The predicted molar refractivity (Wildman–Crippen MR) is 115 cm³/mol. The summed E-state index contributed by atoms with van der Waals surface area (Å²) < 4.78 is 30.6. The van der Waals surface area contributed by atoms with Crippen molar-refractivity contribution in [3.05, 3.63) is 29.8 Å². The number of hydrogen-bond donors (Lipinski definition) is 1. The Bertz CT molecular complexity index is 867. The Balaban J connectivity index is 2.07. The van der Waals surface area contributed by atoms with Crippen LogP contribution in [0.15, 0.2) is 34.3 Å². The molecule has 7 nitrogen and oxygen atoms in total.